The smallest absolute Gasteiger partial charge is 0.269 e. The molecule has 0 bridgehead atoms. The SMILES string of the molecule is CNC(=O)c1ccc(Br)c(N)n1. The molecule has 0 radical (unpaired) electrons. The van der Waals surface area contributed by atoms with E-state index in [4.69, 9.17) is 5.73 Å². The van der Waals surface area contributed by atoms with Crippen molar-refractivity contribution in [1.29, 1.82) is 0 Å². The van der Waals surface area contributed by atoms with E-state index in [2.05, 4.69) is 26.2 Å². The molecular formula is C7H8BrN3O. The van der Waals surface area contributed by atoms with E-state index >= 15 is 0 Å². The van der Waals surface area contributed by atoms with E-state index in [1.165, 1.54) is 0 Å². The van der Waals surface area contributed by atoms with E-state index in [9.17, 15) is 4.79 Å². The Morgan fingerprint density at radius 2 is 2.33 bits per heavy atom. The van der Waals surface area contributed by atoms with Crippen molar-refractivity contribution in [3.05, 3.63) is 22.3 Å². The van der Waals surface area contributed by atoms with E-state index in [-0.39, 0.29) is 5.91 Å². The van der Waals surface area contributed by atoms with Crippen LogP contribution in [0.4, 0.5) is 5.82 Å². The Kier molecular flexibility index (Phi) is 2.65. The first-order valence-corrected chi connectivity index (χ1v) is 4.08. The number of rotatable bonds is 1. The lowest BCUT2D eigenvalue weighted by Crippen LogP contribution is -2.19. The first-order valence-electron chi connectivity index (χ1n) is 3.29. The quantitative estimate of drug-likeness (QED) is 0.749. The zero-order chi connectivity index (χ0) is 9.14. The van der Waals surface area contributed by atoms with Gasteiger partial charge in [-0.25, -0.2) is 4.98 Å². The van der Waals surface area contributed by atoms with Crippen LogP contribution < -0.4 is 11.1 Å². The van der Waals surface area contributed by atoms with Gasteiger partial charge in [-0.2, -0.15) is 0 Å². The predicted octanol–water partition coefficient (Wildman–Crippen LogP) is 0.786. The van der Waals surface area contributed by atoms with Crippen LogP contribution in [0.15, 0.2) is 16.6 Å². The van der Waals surface area contributed by atoms with Crippen molar-refractivity contribution < 1.29 is 4.79 Å². The second-order valence-corrected chi connectivity index (χ2v) is 3.00. The first kappa shape index (κ1) is 8.99. The molecule has 0 aliphatic heterocycles. The molecule has 5 heteroatoms. The Morgan fingerprint density at radius 3 is 2.83 bits per heavy atom. The molecule has 0 aliphatic carbocycles. The van der Waals surface area contributed by atoms with Gasteiger partial charge in [0.2, 0.25) is 0 Å². The number of hydrogen-bond acceptors (Lipinski definition) is 3. The van der Waals surface area contributed by atoms with Crippen molar-refractivity contribution in [3.63, 3.8) is 0 Å². The van der Waals surface area contributed by atoms with E-state index in [0.717, 1.165) is 0 Å². The van der Waals surface area contributed by atoms with Crippen LogP contribution in [-0.2, 0) is 0 Å². The molecule has 0 spiro atoms. The number of aromatic nitrogens is 1. The highest BCUT2D eigenvalue weighted by atomic mass is 79.9. The summed E-state index contributed by atoms with van der Waals surface area (Å²) in [5.41, 5.74) is 5.79. The molecule has 0 saturated heterocycles. The van der Waals surface area contributed by atoms with Crippen LogP contribution in [0.3, 0.4) is 0 Å². The molecule has 1 aromatic heterocycles. The molecule has 1 amide bonds. The Hall–Kier alpha value is -1.10. The fraction of sp³-hybridized carbons (Fsp3) is 0.143. The standard InChI is InChI=1S/C7H8BrN3O/c1-10-7(12)5-3-2-4(8)6(9)11-5/h2-3H,1H3,(H2,9,11)(H,10,12). The highest BCUT2D eigenvalue weighted by Gasteiger charge is 2.05. The Balaban J connectivity index is 3.05. The van der Waals surface area contributed by atoms with Crippen molar-refractivity contribution in [2.24, 2.45) is 0 Å². The van der Waals surface area contributed by atoms with Gasteiger partial charge < -0.3 is 11.1 Å². The molecule has 4 nitrogen and oxygen atoms in total. The number of carbonyl (C=O) groups excluding carboxylic acids is 1. The van der Waals surface area contributed by atoms with Crippen LogP contribution in [0.5, 0.6) is 0 Å². The molecule has 0 aliphatic rings. The third kappa shape index (κ3) is 1.73. The molecule has 1 heterocycles. The average molecular weight is 230 g/mol. The second kappa shape index (κ2) is 3.53. The van der Waals surface area contributed by atoms with Gasteiger partial charge in [0, 0.05) is 7.05 Å². The van der Waals surface area contributed by atoms with Crippen LogP contribution in [0.2, 0.25) is 0 Å². The maximum absolute atomic E-state index is 11.0. The zero-order valence-corrected chi connectivity index (χ0v) is 8.05. The minimum Gasteiger partial charge on any atom is -0.383 e. The minimum atomic E-state index is -0.241. The average Bonchev–Trinajstić information content (AvgIpc) is 2.08. The van der Waals surface area contributed by atoms with E-state index < -0.39 is 0 Å². The van der Waals surface area contributed by atoms with Gasteiger partial charge in [0.25, 0.3) is 5.91 Å². The number of halogens is 1. The number of nitrogens with two attached hydrogens (primary N) is 1. The number of anilines is 1. The van der Waals surface area contributed by atoms with Crippen molar-refractivity contribution in [2.75, 3.05) is 12.8 Å². The number of hydrogen-bond donors (Lipinski definition) is 2. The summed E-state index contributed by atoms with van der Waals surface area (Å²) in [6.07, 6.45) is 0. The molecule has 0 unspecified atom stereocenters. The van der Waals surface area contributed by atoms with Gasteiger partial charge >= 0.3 is 0 Å². The van der Waals surface area contributed by atoms with Gasteiger partial charge in [0.1, 0.15) is 11.5 Å². The molecule has 0 atom stereocenters. The van der Waals surface area contributed by atoms with Crippen LogP contribution in [-0.4, -0.2) is 17.9 Å². The summed E-state index contributed by atoms with van der Waals surface area (Å²) in [5.74, 6) is 0.0744. The van der Waals surface area contributed by atoms with Crippen LogP contribution in [0, 0.1) is 0 Å². The monoisotopic (exact) mass is 229 g/mol. The topological polar surface area (TPSA) is 68.0 Å². The number of nitrogens with one attached hydrogen (secondary N) is 1. The first-order chi connectivity index (χ1) is 5.65. The van der Waals surface area contributed by atoms with E-state index in [1.807, 2.05) is 0 Å². The van der Waals surface area contributed by atoms with Gasteiger partial charge in [-0.15, -0.1) is 0 Å². The van der Waals surface area contributed by atoms with Crippen LogP contribution in [0.25, 0.3) is 0 Å². The van der Waals surface area contributed by atoms with Crippen molar-refractivity contribution in [3.8, 4) is 0 Å². The van der Waals surface area contributed by atoms with Gasteiger partial charge in [-0.1, -0.05) is 0 Å². The summed E-state index contributed by atoms with van der Waals surface area (Å²) < 4.78 is 0.690. The summed E-state index contributed by atoms with van der Waals surface area (Å²) in [6, 6.07) is 3.28. The summed E-state index contributed by atoms with van der Waals surface area (Å²) in [4.78, 5) is 14.9. The van der Waals surface area contributed by atoms with Crippen molar-refractivity contribution >= 4 is 27.7 Å². The second-order valence-electron chi connectivity index (χ2n) is 2.14. The molecule has 3 N–H and O–H groups in total. The zero-order valence-electron chi connectivity index (χ0n) is 6.47. The molecule has 0 fully saturated rings. The molecule has 0 aromatic carbocycles. The predicted molar refractivity (Wildman–Crippen MR) is 49.7 cm³/mol. The third-order valence-corrected chi connectivity index (χ3v) is 2.00. The van der Waals surface area contributed by atoms with Crippen LogP contribution >= 0.6 is 15.9 Å². The fourth-order valence-electron chi connectivity index (χ4n) is 0.712. The lowest BCUT2D eigenvalue weighted by atomic mass is 10.3. The number of pyridine rings is 1. The molecule has 64 valence electrons. The molecule has 12 heavy (non-hydrogen) atoms. The number of carbonyl (C=O) groups is 1. The Bertz CT molecular complexity index is 314. The number of nitrogens with zero attached hydrogens (tertiary/aromatic N) is 1. The number of amides is 1. The molecule has 1 aromatic rings. The van der Waals surface area contributed by atoms with Crippen molar-refractivity contribution in [1.82, 2.24) is 10.3 Å². The Morgan fingerprint density at radius 1 is 1.67 bits per heavy atom. The highest BCUT2D eigenvalue weighted by molar-refractivity contribution is 9.10. The normalized spacial score (nSPS) is 9.50. The molecule has 0 saturated carbocycles. The molecule has 1 rings (SSSR count). The molecular weight excluding hydrogens is 222 g/mol. The fourth-order valence-corrected chi connectivity index (χ4v) is 0.933. The van der Waals surface area contributed by atoms with Crippen molar-refractivity contribution in [2.45, 2.75) is 0 Å². The minimum absolute atomic E-state index is 0.241. The van der Waals surface area contributed by atoms with Crippen LogP contribution in [0.1, 0.15) is 10.5 Å². The highest BCUT2D eigenvalue weighted by Crippen LogP contribution is 2.16. The lowest BCUT2D eigenvalue weighted by Gasteiger charge is -2.00. The maximum Gasteiger partial charge on any atom is 0.269 e. The summed E-state index contributed by atoms with van der Waals surface area (Å²) in [6.45, 7) is 0. The lowest BCUT2D eigenvalue weighted by molar-refractivity contribution is 0.0958. The Labute approximate surface area is 78.3 Å². The summed E-state index contributed by atoms with van der Waals surface area (Å²) in [5, 5.41) is 2.46. The summed E-state index contributed by atoms with van der Waals surface area (Å²) in [7, 11) is 1.54. The van der Waals surface area contributed by atoms with Gasteiger partial charge in [0.05, 0.1) is 4.47 Å². The number of nitrogen functional groups attached to an aromatic ring is 1. The van der Waals surface area contributed by atoms with Gasteiger partial charge in [0.15, 0.2) is 0 Å². The maximum atomic E-state index is 11.0. The summed E-state index contributed by atoms with van der Waals surface area (Å²) >= 11 is 3.18. The van der Waals surface area contributed by atoms with Gasteiger partial charge in [-0.05, 0) is 28.1 Å². The largest absolute Gasteiger partial charge is 0.383 e. The van der Waals surface area contributed by atoms with E-state index in [1.54, 1.807) is 19.2 Å². The van der Waals surface area contributed by atoms with Gasteiger partial charge in [-0.3, -0.25) is 4.79 Å². The van der Waals surface area contributed by atoms with E-state index in [0.29, 0.717) is 16.0 Å². The third-order valence-electron chi connectivity index (χ3n) is 1.33.